The number of nitrogens with one attached hydrogen (secondary N) is 1. The van der Waals surface area contributed by atoms with E-state index in [9.17, 15) is 0 Å². The molecular weight excluding hydrogens is 258 g/mol. The van der Waals surface area contributed by atoms with Crippen LogP contribution >= 0.6 is 0 Å². The molecule has 2 nitrogen and oxygen atoms in total. The van der Waals surface area contributed by atoms with Crippen LogP contribution in [0.1, 0.15) is 31.9 Å². The molecule has 0 bridgehead atoms. The van der Waals surface area contributed by atoms with E-state index in [4.69, 9.17) is 4.74 Å². The standard InChI is InChI=1S/C19H25NO/c1-3-14-20-19(15-21-4-2)18-12-10-17(11-13-18)16-8-6-5-7-9-16/h5-13,19-20H,3-4,14-15H2,1-2H3. The van der Waals surface area contributed by atoms with Crippen molar-refractivity contribution in [1.82, 2.24) is 5.32 Å². The second-order valence-corrected chi connectivity index (χ2v) is 5.15. The second kappa shape index (κ2) is 8.60. The first-order valence-corrected chi connectivity index (χ1v) is 7.81. The van der Waals surface area contributed by atoms with E-state index < -0.39 is 0 Å². The summed E-state index contributed by atoms with van der Waals surface area (Å²) in [6.07, 6.45) is 1.13. The maximum Gasteiger partial charge on any atom is 0.0661 e. The van der Waals surface area contributed by atoms with E-state index in [2.05, 4.69) is 60.8 Å². The van der Waals surface area contributed by atoms with Gasteiger partial charge in [0.1, 0.15) is 0 Å². The Labute approximate surface area is 128 Å². The summed E-state index contributed by atoms with van der Waals surface area (Å²) in [6, 6.07) is 19.5. The number of ether oxygens (including phenoxy) is 1. The smallest absolute Gasteiger partial charge is 0.0661 e. The van der Waals surface area contributed by atoms with Crippen molar-refractivity contribution in [2.45, 2.75) is 26.3 Å². The van der Waals surface area contributed by atoms with Gasteiger partial charge in [0, 0.05) is 6.61 Å². The maximum absolute atomic E-state index is 5.60. The van der Waals surface area contributed by atoms with Crippen LogP contribution in [0.3, 0.4) is 0 Å². The molecule has 2 rings (SSSR count). The minimum absolute atomic E-state index is 0.273. The Morgan fingerprint density at radius 2 is 1.57 bits per heavy atom. The van der Waals surface area contributed by atoms with Crippen molar-refractivity contribution in [1.29, 1.82) is 0 Å². The van der Waals surface area contributed by atoms with Crippen LogP contribution in [0.2, 0.25) is 0 Å². The molecule has 0 aliphatic carbocycles. The van der Waals surface area contributed by atoms with Gasteiger partial charge in [0.2, 0.25) is 0 Å². The van der Waals surface area contributed by atoms with Crippen LogP contribution in [0, 0.1) is 0 Å². The zero-order valence-corrected chi connectivity index (χ0v) is 13.0. The van der Waals surface area contributed by atoms with Gasteiger partial charge in [-0.3, -0.25) is 0 Å². The van der Waals surface area contributed by atoms with Gasteiger partial charge in [0.05, 0.1) is 12.6 Å². The zero-order chi connectivity index (χ0) is 14.9. The van der Waals surface area contributed by atoms with E-state index in [1.165, 1.54) is 16.7 Å². The summed E-state index contributed by atoms with van der Waals surface area (Å²) >= 11 is 0. The molecule has 1 unspecified atom stereocenters. The maximum atomic E-state index is 5.60. The molecule has 0 aromatic heterocycles. The minimum atomic E-state index is 0.273. The molecule has 0 radical (unpaired) electrons. The van der Waals surface area contributed by atoms with Gasteiger partial charge in [0.15, 0.2) is 0 Å². The Balaban J connectivity index is 2.11. The van der Waals surface area contributed by atoms with E-state index in [0.717, 1.165) is 26.2 Å². The summed E-state index contributed by atoms with van der Waals surface area (Å²) in [5.74, 6) is 0. The summed E-state index contributed by atoms with van der Waals surface area (Å²) in [7, 11) is 0. The highest BCUT2D eigenvalue weighted by atomic mass is 16.5. The lowest BCUT2D eigenvalue weighted by molar-refractivity contribution is 0.123. The van der Waals surface area contributed by atoms with Gasteiger partial charge in [0.25, 0.3) is 0 Å². The second-order valence-electron chi connectivity index (χ2n) is 5.15. The first-order valence-electron chi connectivity index (χ1n) is 7.81. The highest BCUT2D eigenvalue weighted by molar-refractivity contribution is 5.63. The quantitative estimate of drug-likeness (QED) is 0.773. The number of rotatable bonds is 8. The van der Waals surface area contributed by atoms with Gasteiger partial charge >= 0.3 is 0 Å². The van der Waals surface area contributed by atoms with Crippen LogP contribution in [-0.4, -0.2) is 19.8 Å². The van der Waals surface area contributed by atoms with Crippen LogP contribution < -0.4 is 5.32 Å². The highest BCUT2D eigenvalue weighted by Gasteiger charge is 2.10. The van der Waals surface area contributed by atoms with Crippen LogP contribution in [-0.2, 0) is 4.74 Å². The molecule has 0 heterocycles. The third-order valence-corrected chi connectivity index (χ3v) is 3.55. The van der Waals surface area contributed by atoms with Gasteiger partial charge in [-0.2, -0.15) is 0 Å². The Morgan fingerprint density at radius 3 is 2.19 bits per heavy atom. The molecule has 21 heavy (non-hydrogen) atoms. The molecule has 2 aromatic carbocycles. The molecule has 0 aliphatic rings. The monoisotopic (exact) mass is 283 g/mol. The van der Waals surface area contributed by atoms with Gasteiger partial charge < -0.3 is 10.1 Å². The molecule has 1 atom stereocenters. The normalized spacial score (nSPS) is 12.3. The molecule has 0 aliphatic heterocycles. The van der Waals surface area contributed by atoms with Crippen molar-refractivity contribution in [3.05, 3.63) is 60.2 Å². The van der Waals surface area contributed by atoms with Gasteiger partial charge in [-0.25, -0.2) is 0 Å². The van der Waals surface area contributed by atoms with Crippen LogP contribution in [0.4, 0.5) is 0 Å². The number of hydrogen-bond acceptors (Lipinski definition) is 2. The lowest BCUT2D eigenvalue weighted by atomic mass is 10.0. The van der Waals surface area contributed by atoms with Crippen LogP contribution in [0.25, 0.3) is 11.1 Å². The van der Waals surface area contributed by atoms with Crippen molar-refractivity contribution < 1.29 is 4.74 Å². The summed E-state index contributed by atoms with van der Waals surface area (Å²) in [4.78, 5) is 0. The van der Waals surface area contributed by atoms with Gasteiger partial charge in [-0.1, -0.05) is 61.5 Å². The Hall–Kier alpha value is -1.64. The predicted molar refractivity (Wildman–Crippen MR) is 89.4 cm³/mol. The van der Waals surface area contributed by atoms with E-state index in [1.807, 2.05) is 13.0 Å². The summed E-state index contributed by atoms with van der Waals surface area (Å²) in [5, 5.41) is 3.55. The fraction of sp³-hybridized carbons (Fsp3) is 0.368. The molecular formula is C19H25NO. The Kier molecular flexibility index (Phi) is 6.45. The molecule has 2 aromatic rings. The van der Waals surface area contributed by atoms with Crippen LogP contribution in [0.15, 0.2) is 54.6 Å². The lowest BCUT2D eigenvalue weighted by Gasteiger charge is -2.19. The van der Waals surface area contributed by atoms with E-state index in [1.54, 1.807) is 0 Å². The fourth-order valence-electron chi connectivity index (χ4n) is 2.37. The SMILES string of the molecule is CCCNC(COCC)c1ccc(-c2ccccc2)cc1. The van der Waals surface area contributed by atoms with Crippen molar-refractivity contribution in [2.24, 2.45) is 0 Å². The third kappa shape index (κ3) is 4.69. The zero-order valence-electron chi connectivity index (χ0n) is 13.0. The average Bonchev–Trinajstić information content (AvgIpc) is 2.56. The van der Waals surface area contributed by atoms with E-state index in [-0.39, 0.29) is 6.04 Å². The topological polar surface area (TPSA) is 21.3 Å². The van der Waals surface area contributed by atoms with Crippen molar-refractivity contribution in [2.75, 3.05) is 19.8 Å². The van der Waals surface area contributed by atoms with E-state index in [0.29, 0.717) is 0 Å². The van der Waals surface area contributed by atoms with Gasteiger partial charge in [-0.05, 0) is 36.6 Å². The first-order chi connectivity index (χ1) is 10.3. The number of benzene rings is 2. The van der Waals surface area contributed by atoms with Crippen molar-refractivity contribution in [3.63, 3.8) is 0 Å². The summed E-state index contributed by atoms with van der Waals surface area (Å²) < 4.78 is 5.60. The van der Waals surface area contributed by atoms with Crippen LogP contribution in [0.5, 0.6) is 0 Å². The summed E-state index contributed by atoms with van der Waals surface area (Å²) in [6.45, 7) is 6.71. The van der Waals surface area contributed by atoms with Gasteiger partial charge in [-0.15, -0.1) is 0 Å². The number of hydrogen-bond donors (Lipinski definition) is 1. The Bertz CT molecular complexity index is 499. The van der Waals surface area contributed by atoms with Crippen molar-refractivity contribution >= 4 is 0 Å². The molecule has 0 spiro atoms. The molecule has 2 heteroatoms. The molecule has 0 saturated heterocycles. The first kappa shape index (κ1) is 15.7. The molecule has 0 fully saturated rings. The largest absolute Gasteiger partial charge is 0.380 e. The predicted octanol–water partition coefficient (Wildman–Crippen LogP) is 4.43. The fourth-order valence-corrected chi connectivity index (χ4v) is 2.37. The van der Waals surface area contributed by atoms with Crippen molar-refractivity contribution in [3.8, 4) is 11.1 Å². The third-order valence-electron chi connectivity index (χ3n) is 3.55. The molecule has 1 N–H and O–H groups in total. The lowest BCUT2D eigenvalue weighted by Crippen LogP contribution is -2.26. The molecule has 0 amide bonds. The minimum Gasteiger partial charge on any atom is -0.380 e. The molecule has 112 valence electrons. The highest BCUT2D eigenvalue weighted by Crippen LogP contribution is 2.22. The average molecular weight is 283 g/mol. The Morgan fingerprint density at radius 1 is 0.905 bits per heavy atom. The van der Waals surface area contributed by atoms with E-state index >= 15 is 0 Å². The molecule has 0 saturated carbocycles. The summed E-state index contributed by atoms with van der Waals surface area (Å²) in [5.41, 5.74) is 3.80.